The second kappa shape index (κ2) is 12.3. The van der Waals surface area contributed by atoms with Gasteiger partial charge in [0.15, 0.2) is 8.32 Å². The average molecular weight is 531 g/mol. The first-order chi connectivity index (χ1) is 17.7. The maximum atomic E-state index is 11.6. The second-order valence-electron chi connectivity index (χ2n) is 14.1. The number of carbonyl (C=O) groups excluding carboxylic acids is 1. The molecule has 3 fully saturated rings. The van der Waals surface area contributed by atoms with Crippen molar-refractivity contribution in [2.24, 2.45) is 28.6 Å². The van der Waals surface area contributed by atoms with Crippen LogP contribution >= 0.6 is 0 Å². The van der Waals surface area contributed by atoms with Gasteiger partial charge in [-0.1, -0.05) is 84.8 Å². The first kappa shape index (κ1) is 29.4. The third-order valence-electron chi connectivity index (χ3n) is 11.5. The van der Waals surface area contributed by atoms with Gasteiger partial charge in [-0.2, -0.15) is 0 Å². The molecule has 4 heteroatoms. The molecule has 0 aliphatic heterocycles. The highest BCUT2D eigenvalue weighted by Gasteiger charge is 2.58. The summed E-state index contributed by atoms with van der Waals surface area (Å²) in [6.45, 7) is 13.8. The van der Waals surface area contributed by atoms with E-state index in [0.29, 0.717) is 16.9 Å². The Balaban J connectivity index is 1.50. The lowest BCUT2D eigenvalue weighted by atomic mass is 9.48. The zero-order chi connectivity index (χ0) is 26.7. The molecular formula is C33H58O3Si. The highest BCUT2D eigenvalue weighted by molar-refractivity contribution is 6.73. The van der Waals surface area contributed by atoms with Crippen LogP contribution in [0.4, 0.5) is 0 Å². The van der Waals surface area contributed by atoms with Crippen molar-refractivity contribution < 1.29 is 14.0 Å². The van der Waals surface area contributed by atoms with Crippen molar-refractivity contribution in [3.05, 3.63) is 11.6 Å². The number of carbonyl (C=O) groups is 1. The van der Waals surface area contributed by atoms with Crippen LogP contribution in [0.3, 0.4) is 0 Å². The topological polar surface area (TPSA) is 35.5 Å². The number of esters is 1. The molecule has 3 nitrogen and oxygen atoms in total. The molecule has 0 saturated heterocycles. The van der Waals surface area contributed by atoms with Gasteiger partial charge in [-0.3, -0.25) is 4.79 Å². The average Bonchev–Trinajstić information content (AvgIpc) is 3.20. The van der Waals surface area contributed by atoms with E-state index in [1.54, 1.807) is 12.5 Å². The van der Waals surface area contributed by atoms with Crippen LogP contribution in [0, 0.1) is 28.6 Å². The van der Waals surface area contributed by atoms with E-state index in [2.05, 4.69) is 40.7 Å². The summed E-state index contributed by atoms with van der Waals surface area (Å²) >= 11 is 0. The fraction of sp³-hybridized carbons (Fsp3) is 0.909. The van der Waals surface area contributed by atoms with Crippen molar-refractivity contribution in [1.29, 1.82) is 0 Å². The Kier molecular flexibility index (Phi) is 9.74. The lowest BCUT2D eigenvalue weighted by molar-refractivity contribution is -0.148. The highest BCUT2D eigenvalue weighted by Crippen LogP contribution is 2.65. The number of unbranched alkanes of at least 4 members (excludes halogenated alkanes) is 3. The van der Waals surface area contributed by atoms with Gasteiger partial charge < -0.3 is 9.16 Å². The summed E-state index contributed by atoms with van der Waals surface area (Å²) in [6.07, 6.45) is 21.0. The van der Waals surface area contributed by atoms with Crippen LogP contribution in [0.1, 0.15) is 131 Å². The summed E-state index contributed by atoms with van der Waals surface area (Å²) in [6, 6.07) is 4.17. The number of allylic oxidation sites excluding steroid dienone is 1. The molecule has 212 valence electrons. The maximum Gasteiger partial charge on any atom is 0.302 e. The molecule has 0 unspecified atom stereocenters. The van der Waals surface area contributed by atoms with Crippen LogP contribution in [-0.2, 0) is 14.0 Å². The van der Waals surface area contributed by atoms with E-state index in [0.717, 1.165) is 30.6 Å². The number of fused-ring (bicyclic) bond motifs is 5. The lowest BCUT2D eigenvalue weighted by Gasteiger charge is -2.57. The zero-order valence-corrected chi connectivity index (χ0v) is 26.2. The molecule has 4 rings (SSSR count). The van der Waals surface area contributed by atoms with Gasteiger partial charge in [-0.15, -0.1) is 0 Å². The number of hydrogen-bond acceptors (Lipinski definition) is 3. The van der Waals surface area contributed by atoms with Crippen LogP contribution in [0.15, 0.2) is 11.6 Å². The minimum absolute atomic E-state index is 0.0962. The Morgan fingerprint density at radius 1 is 0.946 bits per heavy atom. The van der Waals surface area contributed by atoms with E-state index >= 15 is 0 Å². The number of ether oxygens (including phenoxy) is 1. The van der Waals surface area contributed by atoms with Gasteiger partial charge in [0.25, 0.3) is 0 Å². The minimum Gasteiger partial charge on any atom is -0.462 e. The molecule has 0 bridgehead atoms. The third kappa shape index (κ3) is 6.26. The predicted octanol–water partition coefficient (Wildman–Crippen LogP) is 9.61. The Hall–Kier alpha value is -0.613. The van der Waals surface area contributed by atoms with Crippen LogP contribution in [-0.4, -0.2) is 26.5 Å². The predicted molar refractivity (Wildman–Crippen MR) is 157 cm³/mol. The van der Waals surface area contributed by atoms with Gasteiger partial charge in [-0.05, 0) is 91.7 Å². The van der Waals surface area contributed by atoms with Gasteiger partial charge >= 0.3 is 5.97 Å². The van der Waals surface area contributed by atoms with E-state index in [4.69, 9.17) is 9.16 Å². The summed E-state index contributed by atoms with van der Waals surface area (Å²) in [4.78, 5) is 11.6. The van der Waals surface area contributed by atoms with Crippen LogP contribution in [0.5, 0.6) is 0 Å². The van der Waals surface area contributed by atoms with Crippen LogP contribution in [0.25, 0.3) is 0 Å². The van der Waals surface area contributed by atoms with Crippen molar-refractivity contribution in [2.75, 3.05) is 0 Å². The van der Waals surface area contributed by atoms with Gasteiger partial charge in [0.2, 0.25) is 0 Å². The summed E-state index contributed by atoms with van der Waals surface area (Å²) < 4.78 is 13.2. The molecule has 0 aromatic rings. The van der Waals surface area contributed by atoms with Crippen LogP contribution in [0.2, 0.25) is 18.1 Å². The van der Waals surface area contributed by atoms with Gasteiger partial charge in [0, 0.05) is 19.4 Å². The minimum atomic E-state index is -1.68. The lowest BCUT2D eigenvalue weighted by Crippen LogP contribution is -2.49. The largest absolute Gasteiger partial charge is 0.462 e. The Morgan fingerprint density at radius 2 is 1.59 bits per heavy atom. The Bertz CT molecular complexity index is 786. The fourth-order valence-electron chi connectivity index (χ4n) is 9.45. The quantitative estimate of drug-likeness (QED) is 0.143. The number of rotatable bonds is 12. The third-order valence-corrected chi connectivity index (χ3v) is 16.1. The molecule has 4 aliphatic carbocycles. The first-order valence-corrected chi connectivity index (χ1v) is 18.8. The molecule has 7 atom stereocenters. The SMILES string of the molecule is CCCC[Si](CCCC)(CCCC)O[C@@H]1C[C@H]2[C@@H]3CC=C4C[C@@H](OC(C)=O)CC[C@]4(C)[C@H]3CC[C@]2(C)C1. The molecular weight excluding hydrogens is 472 g/mol. The van der Waals surface area contributed by atoms with Crippen molar-refractivity contribution in [3.8, 4) is 0 Å². The smallest absolute Gasteiger partial charge is 0.302 e. The number of hydrogen-bond donors (Lipinski definition) is 0. The van der Waals surface area contributed by atoms with Crippen molar-refractivity contribution in [3.63, 3.8) is 0 Å². The molecule has 3 saturated carbocycles. The molecule has 0 aromatic carbocycles. The summed E-state index contributed by atoms with van der Waals surface area (Å²) in [5, 5.41) is 0. The fourth-order valence-corrected chi connectivity index (χ4v) is 14.4. The van der Waals surface area contributed by atoms with E-state index in [1.807, 2.05) is 0 Å². The van der Waals surface area contributed by atoms with Gasteiger partial charge in [-0.25, -0.2) is 0 Å². The monoisotopic (exact) mass is 530 g/mol. The maximum absolute atomic E-state index is 11.6. The molecule has 4 aliphatic rings. The molecule has 0 spiro atoms. The molecule has 0 heterocycles. The standard InChI is InChI=1S/C33H58O3Si/c1-7-10-19-37(20-11-8-2,21-12-9-3)36-28-23-31-29-14-13-26-22-27(35-25(4)34)15-18-33(26,6)30(29)16-17-32(31,5)24-28/h13,27-31H,7-12,14-24H2,1-6H3/t27-,28+,29+,30-,31-,32+,33-/m0/s1. The Labute approximate surface area is 230 Å². The van der Waals surface area contributed by atoms with Crippen molar-refractivity contribution in [2.45, 2.75) is 162 Å². The second-order valence-corrected chi connectivity index (χ2v) is 18.2. The molecule has 0 radical (unpaired) electrons. The van der Waals surface area contributed by atoms with Crippen LogP contribution < -0.4 is 0 Å². The Morgan fingerprint density at radius 3 is 2.19 bits per heavy atom. The normalized spacial score (nSPS) is 37.4. The van der Waals surface area contributed by atoms with Crippen molar-refractivity contribution >= 4 is 14.3 Å². The van der Waals surface area contributed by atoms with E-state index in [-0.39, 0.29) is 12.1 Å². The van der Waals surface area contributed by atoms with Crippen molar-refractivity contribution in [1.82, 2.24) is 0 Å². The summed E-state index contributed by atoms with van der Waals surface area (Å²) in [7, 11) is -1.68. The van der Waals surface area contributed by atoms with E-state index in [1.165, 1.54) is 95.2 Å². The molecule has 0 aromatic heterocycles. The first-order valence-electron chi connectivity index (χ1n) is 16.2. The molecule has 0 amide bonds. The molecule has 0 N–H and O–H groups in total. The van der Waals surface area contributed by atoms with Gasteiger partial charge in [0.1, 0.15) is 6.10 Å². The summed E-state index contributed by atoms with van der Waals surface area (Å²) in [5.41, 5.74) is 2.37. The zero-order valence-electron chi connectivity index (χ0n) is 25.2. The highest BCUT2D eigenvalue weighted by atomic mass is 28.4. The van der Waals surface area contributed by atoms with E-state index in [9.17, 15) is 4.79 Å². The van der Waals surface area contributed by atoms with E-state index < -0.39 is 8.32 Å². The summed E-state index contributed by atoms with van der Waals surface area (Å²) in [5.74, 6) is 2.30. The van der Waals surface area contributed by atoms with Gasteiger partial charge in [0.05, 0.1) is 0 Å². The molecule has 37 heavy (non-hydrogen) atoms.